The Morgan fingerprint density at radius 3 is 2.69 bits per heavy atom. The van der Waals surface area contributed by atoms with Crippen LogP contribution in [0.1, 0.15) is 10.7 Å². The highest BCUT2D eigenvalue weighted by Crippen LogP contribution is 2.33. The van der Waals surface area contributed by atoms with E-state index in [-0.39, 0.29) is 27.4 Å². The van der Waals surface area contributed by atoms with Crippen LogP contribution in [0.4, 0.5) is 22.7 Å². The molecule has 3 aromatic rings. The molecule has 136 valence electrons. The molecule has 0 saturated carbocycles. The normalized spacial score (nSPS) is 11.7. The van der Waals surface area contributed by atoms with Crippen LogP contribution in [0.25, 0.3) is 10.9 Å². The molecule has 6 nitrogen and oxygen atoms in total. The number of nitrogens with zero attached hydrogens (tertiary/aromatic N) is 3. The minimum absolute atomic E-state index is 0.0547. The fraction of sp³-hybridized carbons (Fsp3) is 0.200. The second-order valence-electron chi connectivity index (χ2n) is 5.33. The van der Waals surface area contributed by atoms with E-state index in [1.165, 1.54) is 29.7 Å². The van der Waals surface area contributed by atoms with Gasteiger partial charge < -0.3 is 4.57 Å². The van der Waals surface area contributed by atoms with Gasteiger partial charge in [0.1, 0.15) is 12.4 Å². The van der Waals surface area contributed by atoms with Gasteiger partial charge in [-0.25, -0.2) is 4.39 Å². The topological polar surface area (TPSA) is 76.9 Å². The van der Waals surface area contributed by atoms with Crippen molar-refractivity contribution in [1.82, 2.24) is 14.8 Å². The van der Waals surface area contributed by atoms with Gasteiger partial charge in [-0.1, -0.05) is 17.4 Å². The molecule has 0 bridgehead atoms. The number of hydrogen-bond donors (Lipinski definition) is 1. The number of hydrogen-bond acceptors (Lipinski definition) is 5. The summed E-state index contributed by atoms with van der Waals surface area (Å²) in [6.07, 6.45) is -4.66. The van der Waals surface area contributed by atoms with Crippen LogP contribution in [0, 0.1) is 12.7 Å². The van der Waals surface area contributed by atoms with Gasteiger partial charge in [0.2, 0.25) is 16.0 Å². The Bertz CT molecular complexity index is 1060. The molecule has 0 fully saturated rings. The summed E-state index contributed by atoms with van der Waals surface area (Å²) in [5, 5.41) is 7.00. The van der Waals surface area contributed by atoms with E-state index in [1.807, 2.05) is 0 Å². The first kappa shape index (κ1) is 18.0. The molecule has 0 aliphatic carbocycles. The Morgan fingerprint density at radius 2 is 2.04 bits per heavy atom. The Hall–Kier alpha value is -2.82. The molecule has 0 unspecified atom stereocenters. The third kappa shape index (κ3) is 3.43. The zero-order valence-corrected chi connectivity index (χ0v) is 13.9. The number of amides is 1. The number of halogens is 4. The number of anilines is 1. The minimum atomic E-state index is -4.66. The average molecular weight is 386 g/mol. The summed E-state index contributed by atoms with van der Waals surface area (Å²) in [6.45, 7) is 1.11. The number of alkyl halides is 3. The van der Waals surface area contributed by atoms with Gasteiger partial charge in [0.25, 0.3) is 0 Å². The van der Waals surface area contributed by atoms with Crippen LogP contribution in [-0.4, -0.2) is 20.7 Å². The van der Waals surface area contributed by atoms with Gasteiger partial charge in [0.05, 0.1) is 5.52 Å². The number of pyridine rings is 1. The minimum Gasteiger partial charge on any atom is -0.333 e. The number of rotatable bonds is 3. The van der Waals surface area contributed by atoms with Crippen molar-refractivity contribution in [2.24, 2.45) is 0 Å². The number of aryl methyl sites for hydroxylation is 1. The van der Waals surface area contributed by atoms with Crippen LogP contribution >= 0.6 is 11.3 Å². The molecule has 0 atom stereocenters. The van der Waals surface area contributed by atoms with E-state index in [1.54, 1.807) is 0 Å². The van der Waals surface area contributed by atoms with Crippen molar-refractivity contribution in [1.29, 1.82) is 0 Å². The summed E-state index contributed by atoms with van der Waals surface area (Å²) in [6, 6.07) is 5.20. The third-order valence-corrected chi connectivity index (χ3v) is 4.39. The van der Waals surface area contributed by atoms with Gasteiger partial charge in [0, 0.05) is 17.1 Å². The fourth-order valence-corrected chi connectivity index (χ4v) is 3.03. The Kier molecular flexibility index (Phi) is 4.48. The first-order valence-electron chi connectivity index (χ1n) is 7.16. The smallest absolute Gasteiger partial charge is 0.333 e. The SMILES string of the molecule is Cc1cc(=O)c2cccc(F)c2n1CC(=O)Nc1nnc(C(F)(F)F)s1. The first-order chi connectivity index (χ1) is 12.2. The quantitative estimate of drug-likeness (QED) is 0.702. The van der Waals surface area contributed by atoms with E-state index >= 15 is 0 Å². The lowest BCUT2D eigenvalue weighted by molar-refractivity contribution is -0.138. The van der Waals surface area contributed by atoms with Crippen LogP contribution in [0.2, 0.25) is 0 Å². The first-order valence-corrected chi connectivity index (χ1v) is 7.97. The van der Waals surface area contributed by atoms with E-state index in [4.69, 9.17) is 0 Å². The van der Waals surface area contributed by atoms with E-state index in [2.05, 4.69) is 15.5 Å². The maximum Gasteiger partial charge on any atom is 0.445 e. The van der Waals surface area contributed by atoms with Gasteiger partial charge in [0.15, 0.2) is 5.43 Å². The number of aromatic nitrogens is 3. The molecule has 2 heterocycles. The Morgan fingerprint density at radius 1 is 1.31 bits per heavy atom. The van der Waals surface area contributed by atoms with Crippen LogP contribution in [-0.2, 0) is 17.5 Å². The van der Waals surface area contributed by atoms with Crippen molar-refractivity contribution < 1.29 is 22.4 Å². The van der Waals surface area contributed by atoms with Crippen molar-refractivity contribution in [2.45, 2.75) is 19.6 Å². The van der Waals surface area contributed by atoms with Crippen molar-refractivity contribution in [3.05, 3.63) is 51.0 Å². The number of carbonyl (C=O) groups excluding carboxylic acids is 1. The van der Waals surface area contributed by atoms with Crippen LogP contribution in [0.3, 0.4) is 0 Å². The second kappa shape index (κ2) is 6.48. The highest BCUT2D eigenvalue weighted by Gasteiger charge is 2.35. The third-order valence-electron chi connectivity index (χ3n) is 3.50. The summed E-state index contributed by atoms with van der Waals surface area (Å²) in [5.74, 6) is -1.42. The largest absolute Gasteiger partial charge is 0.445 e. The number of nitrogens with one attached hydrogen (secondary N) is 1. The van der Waals surface area contributed by atoms with Crippen molar-refractivity contribution in [3.8, 4) is 0 Å². The fourth-order valence-electron chi connectivity index (χ4n) is 2.40. The van der Waals surface area contributed by atoms with Gasteiger partial charge >= 0.3 is 6.18 Å². The predicted octanol–water partition coefficient (Wildman–Crippen LogP) is 2.96. The van der Waals surface area contributed by atoms with Crippen molar-refractivity contribution in [2.75, 3.05) is 5.32 Å². The molecule has 0 radical (unpaired) electrons. The molecule has 0 aliphatic rings. The molecule has 11 heteroatoms. The van der Waals surface area contributed by atoms with Gasteiger partial charge in [-0.2, -0.15) is 13.2 Å². The summed E-state index contributed by atoms with van der Waals surface area (Å²) in [4.78, 5) is 24.1. The standard InChI is InChI=1S/C15H10F4N4O2S/c1-7-5-10(24)8-3-2-4-9(16)12(8)23(7)6-11(25)20-14-22-21-13(26-14)15(17,18)19/h2-5H,6H2,1H3,(H,20,22,25). The number of carbonyl (C=O) groups is 1. The lowest BCUT2D eigenvalue weighted by Crippen LogP contribution is -2.22. The molecule has 26 heavy (non-hydrogen) atoms. The van der Waals surface area contributed by atoms with Crippen molar-refractivity contribution >= 4 is 33.3 Å². The molecular formula is C15H10F4N4O2S. The van der Waals surface area contributed by atoms with E-state index in [0.29, 0.717) is 5.69 Å². The summed E-state index contributed by atoms with van der Waals surface area (Å²) in [5.41, 5.74) is -0.121. The van der Waals surface area contributed by atoms with Gasteiger partial charge in [-0.05, 0) is 19.1 Å². The number of para-hydroxylation sites is 1. The van der Waals surface area contributed by atoms with Crippen LogP contribution in [0.15, 0.2) is 29.1 Å². The average Bonchev–Trinajstić information content (AvgIpc) is 3.00. The second-order valence-corrected chi connectivity index (χ2v) is 6.31. The lowest BCUT2D eigenvalue weighted by atomic mass is 10.1. The zero-order chi connectivity index (χ0) is 19.1. The monoisotopic (exact) mass is 386 g/mol. The summed E-state index contributed by atoms with van der Waals surface area (Å²) >= 11 is 0.180. The number of benzene rings is 1. The van der Waals surface area contributed by atoms with E-state index in [0.717, 1.165) is 6.07 Å². The van der Waals surface area contributed by atoms with Gasteiger partial charge in [-0.15, -0.1) is 10.2 Å². The Balaban J connectivity index is 1.91. The number of fused-ring (bicyclic) bond motifs is 1. The van der Waals surface area contributed by atoms with Crippen LogP contribution < -0.4 is 10.7 Å². The van der Waals surface area contributed by atoms with Crippen molar-refractivity contribution in [3.63, 3.8) is 0 Å². The molecule has 3 rings (SSSR count). The summed E-state index contributed by atoms with van der Waals surface area (Å²) < 4.78 is 53.0. The lowest BCUT2D eigenvalue weighted by Gasteiger charge is -2.14. The molecule has 0 aliphatic heterocycles. The summed E-state index contributed by atoms with van der Waals surface area (Å²) in [7, 11) is 0. The van der Waals surface area contributed by atoms with Crippen LogP contribution in [0.5, 0.6) is 0 Å². The molecule has 0 saturated heterocycles. The zero-order valence-electron chi connectivity index (χ0n) is 13.1. The molecule has 1 N–H and O–H groups in total. The molecular weight excluding hydrogens is 376 g/mol. The Labute approximate surface area is 147 Å². The molecule has 1 amide bonds. The highest BCUT2D eigenvalue weighted by molar-refractivity contribution is 7.15. The molecule has 2 aromatic heterocycles. The van der Waals surface area contributed by atoms with E-state index < -0.39 is 34.9 Å². The van der Waals surface area contributed by atoms with Gasteiger partial charge in [-0.3, -0.25) is 14.9 Å². The maximum atomic E-state index is 14.2. The molecule has 0 spiro atoms. The highest BCUT2D eigenvalue weighted by atomic mass is 32.1. The maximum absolute atomic E-state index is 14.2. The molecule has 1 aromatic carbocycles. The van der Waals surface area contributed by atoms with E-state index in [9.17, 15) is 27.2 Å². The predicted molar refractivity (Wildman–Crippen MR) is 86.4 cm³/mol.